The third kappa shape index (κ3) is 3.67. The SMILES string of the molecule is CCCCCCCC(=O)OC1=C(C)C2(OCCO2)C(=O)C2=C1N1C[C@@H]3N[C@@H]3[C@]1(OC)[C@@H]2COC(N)=O. The zero-order chi connectivity index (χ0) is 25.7. The maximum absolute atomic E-state index is 14.1. The maximum atomic E-state index is 14.1. The Labute approximate surface area is 210 Å². The molecule has 0 aromatic heterocycles. The van der Waals surface area contributed by atoms with Crippen LogP contribution in [0.3, 0.4) is 0 Å². The van der Waals surface area contributed by atoms with E-state index in [1.807, 2.05) is 4.90 Å². The molecule has 4 atom stereocenters. The van der Waals surface area contributed by atoms with Gasteiger partial charge in [0.2, 0.25) is 5.78 Å². The van der Waals surface area contributed by atoms with E-state index in [0.717, 1.165) is 32.1 Å². The second-order valence-electron chi connectivity index (χ2n) is 10.00. The molecule has 11 heteroatoms. The van der Waals surface area contributed by atoms with Crippen molar-refractivity contribution in [1.82, 2.24) is 10.2 Å². The number of piperazine rings is 1. The Morgan fingerprint density at radius 3 is 2.58 bits per heavy atom. The molecule has 0 radical (unpaired) electrons. The van der Waals surface area contributed by atoms with Crippen LogP contribution < -0.4 is 11.1 Å². The molecule has 4 heterocycles. The summed E-state index contributed by atoms with van der Waals surface area (Å²) in [5, 5.41) is 3.38. The number of esters is 1. The van der Waals surface area contributed by atoms with Crippen molar-refractivity contribution >= 4 is 17.8 Å². The summed E-state index contributed by atoms with van der Waals surface area (Å²) in [5.41, 5.74) is 5.47. The first-order chi connectivity index (χ1) is 17.3. The fraction of sp³-hybridized carbons (Fsp3) is 0.720. The van der Waals surface area contributed by atoms with Crippen molar-refractivity contribution in [1.29, 1.82) is 0 Å². The van der Waals surface area contributed by atoms with Crippen molar-refractivity contribution in [3.63, 3.8) is 0 Å². The average Bonchev–Trinajstić information content (AvgIpc) is 3.22. The highest BCUT2D eigenvalue weighted by molar-refractivity contribution is 6.07. The number of methoxy groups -OCH3 is 1. The number of primary amides is 1. The summed E-state index contributed by atoms with van der Waals surface area (Å²) in [7, 11) is 1.56. The predicted octanol–water partition coefficient (Wildman–Crippen LogP) is 1.47. The minimum absolute atomic E-state index is 0.0976. The topological polar surface area (TPSA) is 149 Å². The van der Waals surface area contributed by atoms with Crippen molar-refractivity contribution in [3.8, 4) is 0 Å². The number of nitrogens with two attached hydrogens (primary N) is 1. The first-order valence-electron chi connectivity index (χ1n) is 12.8. The zero-order valence-corrected chi connectivity index (χ0v) is 21.1. The lowest BCUT2D eigenvalue weighted by Gasteiger charge is -2.40. The number of amides is 1. The van der Waals surface area contributed by atoms with E-state index in [4.69, 9.17) is 29.4 Å². The highest BCUT2D eigenvalue weighted by Gasteiger charge is 2.74. The molecule has 5 aliphatic rings. The van der Waals surface area contributed by atoms with Crippen LogP contribution in [0.1, 0.15) is 52.4 Å². The van der Waals surface area contributed by atoms with Crippen molar-refractivity contribution in [2.75, 3.05) is 33.5 Å². The monoisotopic (exact) mass is 505 g/mol. The third-order valence-electron chi connectivity index (χ3n) is 8.01. The summed E-state index contributed by atoms with van der Waals surface area (Å²) in [4.78, 5) is 40.6. The number of hydrogen-bond donors (Lipinski definition) is 2. The van der Waals surface area contributed by atoms with E-state index in [2.05, 4.69) is 12.2 Å². The van der Waals surface area contributed by atoms with Gasteiger partial charge in [0.15, 0.2) is 11.5 Å². The third-order valence-corrected chi connectivity index (χ3v) is 8.01. The largest absolute Gasteiger partial charge is 0.449 e. The molecule has 0 bridgehead atoms. The van der Waals surface area contributed by atoms with Gasteiger partial charge >= 0.3 is 12.1 Å². The Bertz CT molecular complexity index is 1020. The molecule has 0 unspecified atom stereocenters. The second-order valence-corrected chi connectivity index (χ2v) is 10.00. The number of unbranched alkanes of at least 4 members (excludes halogenated alkanes) is 4. The number of hydrogen-bond acceptors (Lipinski definition) is 10. The number of Topliss-reactive ketones (excluding diaryl/α,β-unsaturated/α-hetero) is 1. The average molecular weight is 506 g/mol. The second kappa shape index (κ2) is 9.44. The molecule has 0 saturated carbocycles. The number of carbonyl (C=O) groups excluding carboxylic acids is 3. The van der Waals surface area contributed by atoms with Gasteiger partial charge in [-0.3, -0.25) is 9.59 Å². The standard InChI is InChI=1S/C25H35N3O8/c1-4-5-6-7-8-9-17(29)36-20-14(2)25(34-10-11-35-25)22(30)18-15(13-33-23(26)31)24(32-3)21-16(27-21)12-28(24)19(18)20/h15-16,21,27H,4-13H2,1-3H3,(H2,26,31)/t15-,16+,21+,24-/m1/s1. The van der Waals surface area contributed by atoms with Gasteiger partial charge in [0, 0.05) is 37.3 Å². The molecule has 1 amide bonds. The van der Waals surface area contributed by atoms with Crippen molar-refractivity contribution in [2.45, 2.75) is 76.0 Å². The van der Waals surface area contributed by atoms with Crippen LogP contribution in [-0.4, -0.2) is 79.8 Å². The summed E-state index contributed by atoms with van der Waals surface area (Å²) < 4.78 is 29.1. The van der Waals surface area contributed by atoms with Gasteiger partial charge in [0.05, 0.1) is 30.9 Å². The van der Waals surface area contributed by atoms with E-state index in [1.165, 1.54) is 0 Å². The summed E-state index contributed by atoms with van der Waals surface area (Å²) in [5.74, 6) is -2.89. The summed E-state index contributed by atoms with van der Waals surface area (Å²) >= 11 is 0. The van der Waals surface area contributed by atoms with Crippen LogP contribution in [0.15, 0.2) is 22.6 Å². The normalized spacial score (nSPS) is 31.6. The highest BCUT2D eigenvalue weighted by atomic mass is 16.7. The first-order valence-corrected chi connectivity index (χ1v) is 12.8. The number of carbonyl (C=O) groups is 3. The smallest absolute Gasteiger partial charge is 0.404 e. The van der Waals surface area contributed by atoms with Gasteiger partial charge in [-0.2, -0.15) is 0 Å². The van der Waals surface area contributed by atoms with E-state index < -0.39 is 29.3 Å². The van der Waals surface area contributed by atoms with Gasteiger partial charge in [-0.1, -0.05) is 32.6 Å². The van der Waals surface area contributed by atoms with Gasteiger partial charge in [-0.15, -0.1) is 0 Å². The molecule has 3 N–H and O–H groups in total. The lowest BCUT2D eigenvalue weighted by molar-refractivity contribution is -0.167. The summed E-state index contributed by atoms with van der Waals surface area (Å²) in [6.07, 6.45) is 4.32. The molecule has 198 valence electrons. The molecule has 0 aromatic rings. The van der Waals surface area contributed by atoms with E-state index in [0.29, 0.717) is 23.4 Å². The van der Waals surface area contributed by atoms with Crippen LogP contribution in [0.25, 0.3) is 0 Å². The van der Waals surface area contributed by atoms with E-state index in [9.17, 15) is 14.4 Å². The van der Waals surface area contributed by atoms with Gasteiger partial charge in [-0.25, -0.2) is 4.79 Å². The van der Waals surface area contributed by atoms with Crippen molar-refractivity contribution in [2.24, 2.45) is 11.7 Å². The molecular weight excluding hydrogens is 470 g/mol. The van der Waals surface area contributed by atoms with Gasteiger partial charge in [-0.05, 0) is 13.3 Å². The fourth-order valence-corrected chi connectivity index (χ4v) is 6.29. The molecule has 36 heavy (non-hydrogen) atoms. The number of ether oxygens (including phenoxy) is 5. The minimum atomic E-state index is -1.69. The van der Waals surface area contributed by atoms with Crippen LogP contribution in [0, 0.1) is 5.92 Å². The lowest BCUT2D eigenvalue weighted by atomic mass is 9.80. The quantitative estimate of drug-likeness (QED) is 0.254. The van der Waals surface area contributed by atoms with Crippen molar-refractivity contribution < 1.29 is 38.1 Å². The maximum Gasteiger partial charge on any atom is 0.404 e. The Balaban J connectivity index is 1.52. The molecule has 5 rings (SSSR count). The molecule has 1 spiro atoms. The fourth-order valence-electron chi connectivity index (χ4n) is 6.29. The highest BCUT2D eigenvalue weighted by Crippen LogP contribution is 2.59. The van der Waals surface area contributed by atoms with E-state index in [1.54, 1.807) is 14.0 Å². The summed E-state index contributed by atoms with van der Waals surface area (Å²) in [6.45, 7) is 4.65. The molecule has 3 saturated heterocycles. The van der Waals surface area contributed by atoms with Crippen LogP contribution >= 0.6 is 0 Å². The van der Waals surface area contributed by atoms with Gasteiger partial charge in [0.25, 0.3) is 5.79 Å². The molecule has 3 fully saturated rings. The molecule has 1 aliphatic carbocycles. The van der Waals surface area contributed by atoms with Crippen LogP contribution in [0.2, 0.25) is 0 Å². The molecule has 4 aliphatic heterocycles. The first kappa shape index (κ1) is 25.2. The Morgan fingerprint density at radius 2 is 1.92 bits per heavy atom. The Hall–Kier alpha value is -2.47. The van der Waals surface area contributed by atoms with Crippen LogP contribution in [0.5, 0.6) is 0 Å². The predicted molar refractivity (Wildman–Crippen MR) is 125 cm³/mol. The van der Waals surface area contributed by atoms with Gasteiger partial charge < -0.3 is 39.6 Å². The number of nitrogens with one attached hydrogen (secondary N) is 1. The van der Waals surface area contributed by atoms with Gasteiger partial charge in [0.1, 0.15) is 6.61 Å². The number of nitrogens with zero attached hydrogens (tertiary/aromatic N) is 1. The van der Waals surface area contributed by atoms with Crippen LogP contribution in [-0.2, 0) is 33.3 Å². The Morgan fingerprint density at radius 1 is 1.19 bits per heavy atom. The number of fused-ring (bicyclic) bond motifs is 4. The molecular formula is C25H35N3O8. The van der Waals surface area contributed by atoms with Crippen LogP contribution in [0.4, 0.5) is 4.79 Å². The van der Waals surface area contributed by atoms with Crippen molar-refractivity contribution in [3.05, 3.63) is 22.6 Å². The molecule has 11 nitrogen and oxygen atoms in total. The number of ketones is 1. The minimum Gasteiger partial charge on any atom is -0.449 e. The Kier molecular flexibility index (Phi) is 6.61. The number of rotatable bonds is 10. The lowest BCUT2D eigenvalue weighted by Crippen LogP contribution is -2.55. The molecule has 0 aromatic carbocycles. The van der Waals surface area contributed by atoms with E-state index in [-0.39, 0.29) is 50.1 Å². The van der Waals surface area contributed by atoms with E-state index >= 15 is 0 Å². The summed E-state index contributed by atoms with van der Waals surface area (Å²) in [6, 6.07) is 0.0374. The zero-order valence-electron chi connectivity index (χ0n) is 21.1.